The number of aromatic nitrogens is 1. The fraction of sp³-hybridized carbons (Fsp3) is 0.238. The average molecular weight is 365 g/mol. The number of methoxy groups -OCH3 is 1. The second-order valence-electron chi connectivity index (χ2n) is 6.23. The normalized spacial score (nSPS) is 11.1. The van der Waals surface area contributed by atoms with Crippen LogP contribution in [0.15, 0.2) is 53.8 Å². The summed E-state index contributed by atoms with van der Waals surface area (Å²) in [6.07, 6.45) is 3.01. The van der Waals surface area contributed by atoms with Gasteiger partial charge in [0.15, 0.2) is 0 Å². The van der Waals surface area contributed by atoms with Gasteiger partial charge in [-0.15, -0.1) is 0 Å². The number of benzene rings is 2. The van der Waals surface area contributed by atoms with Crippen molar-refractivity contribution < 1.29 is 14.3 Å². The predicted octanol–water partition coefficient (Wildman–Crippen LogP) is 4.03. The molecule has 27 heavy (non-hydrogen) atoms. The number of carbonyl (C=O) groups excluding carboxylic acids is 1. The molecule has 140 valence electrons. The maximum absolute atomic E-state index is 11.1. The summed E-state index contributed by atoms with van der Waals surface area (Å²) < 4.78 is 12.7. The SMILES string of the molecule is COC(=O)N/N=C/c1cn(CCOc2c(C)cccc2C)c2ccccc12. The molecular formula is C21H23N3O3. The summed E-state index contributed by atoms with van der Waals surface area (Å²) in [5.74, 6) is 0.943. The zero-order valence-corrected chi connectivity index (χ0v) is 15.7. The van der Waals surface area contributed by atoms with Crippen molar-refractivity contribution in [3.8, 4) is 5.75 Å². The first-order chi connectivity index (χ1) is 13.1. The molecule has 6 heteroatoms. The molecule has 0 fully saturated rings. The molecule has 1 heterocycles. The monoisotopic (exact) mass is 365 g/mol. The quantitative estimate of drug-likeness (QED) is 0.530. The summed E-state index contributed by atoms with van der Waals surface area (Å²) in [7, 11) is 1.30. The van der Waals surface area contributed by atoms with Crippen molar-refractivity contribution in [3.63, 3.8) is 0 Å². The lowest BCUT2D eigenvalue weighted by Gasteiger charge is -2.12. The number of aryl methyl sites for hydroxylation is 2. The molecule has 0 radical (unpaired) electrons. The number of nitrogens with zero attached hydrogens (tertiary/aromatic N) is 2. The minimum atomic E-state index is -0.600. The molecular weight excluding hydrogens is 342 g/mol. The minimum Gasteiger partial charge on any atom is -0.491 e. The van der Waals surface area contributed by atoms with E-state index in [-0.39, 0.29) is 0 Å². The number of nitrogens with one attached hydrogen (secondary N) is 1. The van der Waals surface area contributed by atoms with Crippen LogP contribution in [0, 0.1) is 13.8 Å². The van der Waals surface area contributed by atoms with Crippen molar-refractivity contribution in [3.05, 3.63) is 65.4 Å². The fourth-order valence-corrected chi connectivity index (χ4v) is 3.04. The van der Waals surface area contributed by atoms with Crippen LogP contribution in [-0.4, -0.2) is 30.6 Å². The summed E-state index contributed by atoms with van der Waals surface area (Å²) in [5, 5.41) is 4.99. The van der Waals surface area contributed by atoms with Gasteiger partial charge in [-0.05, 0) is 31.0 Å². The number of carbonyl (C=O) groups is 1. The second-order valence-corrected chi connectivity index (χ2v) is 6.23. The Morgan fingerprint density at radius 2 is 1.89 bits per heavy atom. The van der Waals surface area contributed by atoms with Crippen molar-refractivity contribution in [1.29, 1.82) is 0 Å². The first kappa shape index (κ1) is 18.5. The van der Waals surface area contributed by atoms with Gasteiger partial charge >= 0.3 is 6.09 Å². The van der Waals surface area contributed by atoms with Crippen LogP contribution < -0.4 is 10.2 Å². The van der Waals surface area contributed by atoms with Crippen molar-refractivity contribution >= 4 is 23.2 Å². The van der Waals surface area contributed by atoms with Gasteiger partial charge in [-0.25, -0.2) is 10.2 Å². The summed E-state index contributed by atoms with van der Waals surface area (Å²) in [5.41, 5.74) is 6.57. The predicted molar refractivity (Wildman–Crippen MR) is 106 cm³/mol. The number of rotatable bonds is 6. The highest BCUT2D eigenvalue weighted by Gasteiger charge is 2.08. The van der Waals surface area contributed by atoms with E-state index < -0.39 is 6.09 Å². The molecule has 3 rings (SSSR count). The lowest BCUT2D eigenvalue weighted by Crippen LogP contribution is -2.16. The van der Waals surface area contributed by atoms with Crippen molar-refractivity contribution in [2.45, 2.75) is 20.4 Å². The third-order valence-corrected chi connectivity index (χ3v) is 4.35. The van der Waals surface area contributed by atoms with Gasteiger partial charge in [-0.1, -0.05) is 36.4 Å². The fourth-order valence-electron chi connectivity index (χ4n) is 3.04. The Bertz CT molecular complexity index is 956. The molecule has 1 amide bonds. The summed E-state index contributed by atoms with van der Waals surface area (Å²) in [6, 6.07) is 14.2. The van der Waals surface area contributed by atoms with Crippen LogP contribution in [0.5, 0.6) is 5.75 Å². The topological polar surface area (TPSA) is 64.8 Å². The standard InChI is InChI=1S/C21H23N3O3/c1-15-7-6-8-16(2)20(15)27-12-11-24-14-17(13-22-23-21(25)26-3)18-9-4-5-10-19(18)24/h4-10,13-14H,11-12H2,1-3H3,(H,23,25)/b22-13+. The van der Waals surface area contributed by atoms with E-state index in [2.05, 4.69) is 51.9 Å². The molecule has 6 nitrogen and oxygen atoms in total. The number of fused-ring (bicyclic) bond motifs is 1. The van der Waals surface area contributed by atoms with Gasteiger partial charge in [-0.2, -0.15) is 5.10 Å². The first-order valence-electron chi connectivity index (χ1n) is 8.74. The third kappa shape index (κ3) is 4.28. The Labute approximate surface area is 158 Å². The molecule has 0 spiro atoms. The van der Waals surface area contributed by atoms with E-state index in [0.717, 1.165) is 33.3 Å². The third-order valence-electron chi connectivity index (χ3n) is 4.35. The summed E-state index contributed by atoms with van der Waals surface area (Å²) in [6.45, 7) is 5.36. The molecule has 2 aromatic carbocycles. The van der Waals surface area contributed by atoms with Crippen LogP contribution in [0.1, 0.15) is 16.7 Å². The highest BCUT2D eigenvalue weighted by Crippen LogP contribution is 2.23. The van der Waals surface area contributed by atoms with Crippen LogP contribution in [-0.2, 0) is 11.3 Å². The van der Waals surface area contributed by atoms with E-state index in [0.29, 0.717) is 13.2 Å². The maximum Gasteiger partial charge on any atom is 0.427 e. The van der Waals surface area contributed by atoms with Crippen molar-refractivity contribution in [2.75, 3.05) is 13.7 Å². The Balaban J connectivity index is 1.76. The van der Waals surface area contributed by atoms with E-state index in [4.69, 9.17) is 4.74 Å². The number of hydrogen-bond donors (Lipinski definition) is 1. The van der Waals surface area contributed by atoms with E-state index >= 15 is 0 Å². The molecule has 0 bridgehead atoms. The summed E-state index contributed by atoms with van der Waals surface area (Å²) in [4.78, 5) is 11.1. The minimum absolute atomic E-state index is 0.557. The molecule has 3 aromatic rings. The zero-order chi connectivity index (χ0) is 19.2. The van der Waals surface area contributed by atoms with Crippen LogP contribution in [0.3, 0.4) is 0 Å². The molecule has 0 unspecified atom stereocenters. The van der Waals surface area contributed by atoms with Gasteiger partial charge in [0.1, 0.15) is 12.4 Å². The molecule has 0 aliphatic carbocycles. The van der Waals surface area contributed by atoms with Gasteiger partial charge in [0, 0.05) is 22.7 Å². The van der Waals surface area contributed by atoms with Crippen LogP contribution in [0.4, 0.5) is 4.79 Å². The molecule has 0 aliphatic rings. The Hall–Kier alpha value is -3.28. The Kier molecular flexibility index (Phi) is 5.76. The van der Waals surface area contributed by atoms with Crippen LogP contribution in [0.25, 0.3) is 10.9 Å². The average Bonchev–Trinajstić information content (AvgIpc) is 3.02. The van der Waals surface area contributed by atoms with Gasteiger partial charge in [-0.3, -0.25) is 0 Å². The highest BCUT2D eigenvalue weighted by molar-refractivity contribution is 5.99. The Morgan fingerprint density at radius 3 is 2.63 bits per heavy atom. The number of hydrogen-bond acceptors (Lipinski definition) is 4. The van der Waals surface area contributed by atoms with E-state index in [1.807, 2.05) is 30.5 Å². The number of amides is 1. The highest BCUT2D eigenvalue weighted by atomic mass is 16.5. The Morgan fingerprint density at radius 1 is 1.15 bits per heavy atom. The van der Waals surface area contributed by atoms with Crippen LogP contribution in [0.2, 0.25) is 0 Å². The molecule has 0 atom stereocenters. The summed E-state index contributed by atoms with van der Waals surface area (Å²) >= 11 is 0. The van der Waals surface area contributed by atoms with Gasteiger partial charge < -0.3 is 14.0 Å². The molecule has 1 N–H and O–H groups in total. The van der Waals surface area contributed by atoms with Crippen molar-refractivity contribution in [1.82, 2.24) is 9.99 Å². The lowest BCUT2D eigenvalue weighted by molar-refractivity contribution is 0.171. The van der Waals surface area contributed by atoms with E-state index in [1.54, 1.807) is 6.21 Å². The number of hydrazone groups is 1. The first-order valence-corrected chi connectivity index (χ1v) is 8.74. The number of ether oxygens (including phenoxy) is 2. The molecule has 0 aliphatic heterocycles. The van der Waals surface area contributed by atoms with Gasteiger partial charge in [0.2, 0.25) is 0 Å². The largest absolute Gasteiger partial charge is 0.491 e. The molecule has 0 saturated carbocycles. The molecule has 1 aromatic heterocycles. The zero-order valence-electron chi connectivity index (χ0n) is 15.7. The van der Waals surface area contributed by atoms with Gasteiger partial charge in [0.05, 0.1) is 19.9 Å². The lowest BCUT2D eigenvalue weighted by atomic mass is 10.1. The smallest absolute Gasteiger partial charge is 0.427 e. The molecule has 0 saturated heterocycles. The van der Waals surface area contributed by atoms with E-state index in [1.165, 1.54) is 7.11 Å². The maximum atomic E-state index is 11.1. The number of para-hydroxylation sites is 2. The van der Waals surface area contributed by atoms with Crippen molar-refractivity contribution in [2.24, 2.45) is 5.10 Å². The second kappa shape index (κ2) is 8.40. The van der Waals surface area contributed by atoms with Crippen LogP contribution >= 0.6 is 0 Å². The van der Waals surface area contributed by atoms with E-state index in [9.17, 15) is 4.79 Å². The van der Waals surface area contributed by atoms with Gasteiger partial charge in [0.25, 0.3) is 0 Å².